The van der Waals surface area contributed by atoms with Crippen molar-refractivity contribution in [3.63, 3.8) is 0 Å². The lowest BCUT2D eigenvalue weighted by atomic mass is 10.2. The van der Waals surface area contributed by atoms with E-state index >= 15 is 0 Å². The Morgan fingerprint density at radius 1 is 1.40 bits per heavy atom. The molecule has 0 spiro atoms. The number of pyridine rings is 1. The van der Waals surface area contributed by atoms with Crippen molar-refractivity contribution in [2.24, 2.45) is 0 Å². The molecule has 0 N–H and O–H groups in total. The van der Waals surface area contributed by atoms with E-state index in [2.05, 4.69) is 6.92 Å². The number of ketones is 1. The number of hydrogen-bond donors (Lipinski definition) is 0. The Morgan fingerprint density at radius 3 is 2.73 bits per heavy atom. The summed E-state index contributed by atoms with van der Waals surface area (Å²) < 4.78 is 2.00. The Hall–Kier alpha value is -0.700. The molecule has 0 bridgehead atoms. The van der Waals surface area contributed by atoms with Gasteiger partial charge in [-0.25, -0.2) is 0 Å². The maximum atomic E-state index is 11.5. The Kier molecular flexibility index (Phi) is 7.22. The van der Waals surface area contributed by atoms with Crippen molar-refractivity contribution in [1.82, 2.24) is 0 Å². The van der Waals surface area contributed by atoms with Crippen LogP contribution >= 0.6 is 0 Å². The van der Waals surface area contributed by atoms with E-state index in [4.69, 9.17) is 0 Å². The van der Waals surface area contributed by atoms with Gasteiger partial charge in [0.2, 0.25) is 6.54 Å². The molecule has 2 nitrogen and oxygen atoms in total. The first-order valence-electron chi connectivity index (χ1n) is 5.21. The third kappa shape index (κ3) is 5.07. The molecule has 0 unspecified atom stereocenters. The third-order valence-electron chi connectivity index (χ3n) is 2.32. The van der Waals surface area contributed by atoms with E-state index < -0.39 is 0 Å². The summed E-state index contributed by atoms with van der Waals surface area (Å²) in [6.45, 7) is 4.65. The van der Waals surface area contributed by atoms with Crippen LogP contribution in [0.4, 0.5) is 0 Å². The predicted molar refractivity (Wildman–Crippen MR) is 55.9 cm³/mol. The minimum atomic E-state index is 0. The fourth-order valence-electron chi connectivity index (χ4n) is 1.38. The molecule has 0 atom stereocenters. The lowest BCUT2D eigenvalue weighted by Crippen LogP contribution is -3.00. The number of nitrogens with zero attached hydrogens (tertiary/aromatic N) is 1. The van der Waals surface area contributed by atoms with Crippen LogP contribution in [0.1, 0.15) is 31.9 Å². The highest BCUT2D eigenvalue weighted by Gasteiger charge is 2.10. The molecule has 15 heavy (non-hydrogen) atoms. The van der Waals surface area contributed by atoms with Gasteiger partial charge in [-0.3, -0.25) is 4.79 Å². The third-order valence-corrected chi connectivity index (χ3v) is 2.32. The standard InChI is InChI=1S/C12H18NO.BrH/c1-3-4-8-12(14)10-13-9-6-5-7-11(13)2;/h5-7,9H,3-4,8,10H2,1-2H3;1H/q+1;/p-1. The Bertz CT molecular complexity index is 312. The number of rotatable bonds is 5. The van der Waals surface area contributed by atoms with Gasteiger partial charge < -0.3 is 17.0 Å². The fourth-order valence-corrected chi connectivity index (χ4v) is 1.38. The number of hydrogen-bond acceptors (Lipinski definition) is 1. The van der Waals surface area contributed by atoms with Crippen LogP contribution in [0.2, 0.25) is 0 Å². The molecule has 0 amide bonds. The predicted octanol–water partition coefficient (Wildman–Crippen LogP) is -0.954. The molecular weight excluding hydrogens is 254 g/mol. The number of halogens is 1. The highest BCUT2D eigenvalue weighted by molar-refractivity contribution is 5.76. The van der Waals surface area contributed by atoms with Gasteiger partial charge in [-0.2, -0.15) is 4.57 Å². The summed E-state index contributed by atoms with van der Waals surface area (Å²) in [5, 5.41) is 0. The van der Waals surface area contributed by atoms with Gasteiger partial charge in [-0.1, -0.05) is 19.4 Å². The van der Waals surface area contributed by atoms with Crippen molar-refractivity contribution in [1.29, 1.82) is 0 Å². The molecule has 1 heterocycles. The fraction of sp³-hybridized carbons (Fsp3) is 0.500. The topological polar surface area (TPSA) is 20.9 Å². The van der Waals surface area contributed by atoms with E-state index in [-0.39, 0.29) is 17.0 Å². The summed E-state index contributed by atoms with van der Waals surface area (Å²) in [5.74, 6) is 0.325. The number of unbranched alkanes of at least 4 members (excludes halogenated alkanes) is 1. The van der Waals surface area contributed by atoms with Crippen LogP contribution in [0.25, 0.3) is 0 Å². The number of aryl methyl sites for hydroxylation is 1. The second kappa shape index (κ2) is 7.57. The molecular formula is C12H18BrNO. The average Bonchev–Trinajstić information content (AvgIpc) is 2.18. The van der Waals surface area contributed by atoms with Crippen LogP contribution in [-0.4, -0.2) is 5.78 Å². The van der Waals surface area contributed by atoms with Gasteiger partial charge in [0.15, 0.2) is 17.7 Å². The quantitative estimate of drug-likeness (QED) is 0.633. The van der Waals surface area contributed by atoms with Crippen molar-refractivity contribution in [3.05, 3.63) is 30.1 Å². The van der Waals surface area contributed by atoms with Gasteiger partial charge >= 0.3 is 0 Å². The van der Waals surface area contributed by atoms with Crippen molar-refractivity contribution < 1.29 is 26.3 Å². The number of carbonyl (C=O) groups excluding carboxylic acids is 1. The van der Waals surface area contributed by atoms with Gasteiger partial charge in [0, 0.05) is 25.5 Å². The minimum Gasteiger partial charge on any atom is -1.00 e. The first kappa shape index (κ1) is 14.3. The second-order valence-electron chi connectivity index (χ2n) is 3.61. The molecule has 0 aliphatic carbocycles. The van der Waals surface area contributed by atoms with Crippen molar-refractivity contribution in [2.75, 3.05) is 0 Å². The van der Waals surface area contributed by atoms with Crippen LogP contribution in [0, 0.1) is 6.92 Å². The molecule has 0 fully saturated rings. The molecule has 0 aliphatic heterocycles. The zero-order chi connectivity index (χ0) is 10.4. The summed E-state index contributed by atoms with van der Waals surface area (Å²) in [6.07, 6.45) is 4.76. The van der Waals surface area contributed by atoms with Gasteiger partial charge in [0.05, 0.1) is 0 Å². The number of carbonyl (C=O) groups is 1. The molecule has 0 aromatic carbocycles. The van der Waals surface area contributed by atoms with E-state index in [0.717, 1.165) is 18.5 Å². The largest absolute Gasteiger partial charge is 1.00 e. The molecule has 0 saturated heterocycles. The molecule has 1 aromatic rings. The molecule has 84 valence electrons. The van der Waals surface area contributed by atoms with Gasteiger partial charge in [-0.15, -0.1) is 0 Å². The van der Waals surface area contributed by atoms with E-state index in [0.29, 0.717) is 18.7 Å². The lowest BCUT2D eigenvalue weighted by molar-refractivity contribution is -0.690. The first-order chi connectivity index (χ1) is 6.74. The Labute approximate surface area is 102 Å². The van der Waals surface area contributed by atoms with Gasteiger partial charge in [0.1, 0.15) is 0 Å². The highest BCUT2D eigenvalue weighted by atomic mass is 79.9. The van der Waals surface area contributed by atoms with Gasteiger partial charge in [0.25, 0.3) is 0 Å². The SMILES string of the molecule is CCCCC(=O)C[n+]1ccccc1C.[Br-]. The lowest BCUT2D eigenvalue weighted by Gasteiger charge is -1.98. The summed E-state index contributed by atoms with van der Waals surface area (Å²) in [7, 11) is 0. The molecule has 0 aliphatic rings. The number of Topliss-reactive ketones (excluding diaryl/α,β-unsaturated/α-hetero) is 1. The van der Waals surface area contributed by atoms with Crippen molar-refractivity contribution >= 4 is 5.78 Å². The van der Waals surface area contributed by atoms with Crippen LogP contribution in [0.5, 0.6) is 0 Å². The Balaban J connectivity index is 0.00000196. The highest BCUT2D eigenvalue weighted by Crippen LogP contribution is 1.96. The zero-order valence-corrected chi connectivity index (χ0v) is 11.0. The summed E-state index contributed by atoms with van der Waals surface area (Å²) in [5.41, 5.74) is 1.14. The average molecular weight is 272 g/mol. The summed E-state index contributed by atoms with van der Waals surface area (Å²) in [4.78, 5) is 11.5. The summed E-state index contributed by atoms with van der Waals surface area (Å²) >= 11 is 0. The molecule has 1 aromatic heterocycles. The van der Waals surface area contributed by atoms with E-state index in [1.165, 1.54) is 0 Å². The van der Waals surface area contributed by atoms with Crippen molar-refractivity contribution in [2.45, 2.75) is 39.7 Å². The minimum absolute atomic E-state index is 0. The summed E-state index contributed by atoms with van der Waals surface area (Å²) in [6, 6.07) is 5.97. The van der Waals surface area contributed by atoms with E-state index in [9.17, 15) is 4.79 Å². The molecule has 0 radical (unpaired) electrons. The monoisotopic (exact) mass is 271 g/mol. The maximum Gasteiger partial charge on any atom is 0.206 e. The number of aromatic nitrogens is 1. The van der Waals surface area contributed by atoms with E-state index in [1.54, 1.807) is 0 Å². The van der Waals surface area contributed by atoms with Crippen LogP contribution in [0.15, 0.2) is 24.4 Å². The van der Waals surface area contributed by atoms with Crippen LogP contribution in [0.3, 0.4) is 0 Å². The van der Waals surface area contributed by atoms with Gasteiger partial charge in [-0.05, 0) is 6.42 Å². The first-order valence-corrected chi connectivity index (χ1v) is 5.21. The molecule has 3 heteroatoms. The zero-order valence-electron chi connectivity index (χ0n) is 9.37. The molecule has 0 saturated carbocycles. The smallest absolute Gasteiger partial charge is 0.206 e. The normalized spacial score (nSPS) is 9.47. The van der Waals surface area contributed by atoms with Crippen molar-refractivity contribution in [3.8, 4) is 0 Å². The van der Waals surface area contributed by atoms with Crippen LogP contribution in [-0.2, 0) is 11.3 Å². The maximum absolute atomic E-state index is 11.5. The Morgan fingerprint density at radius 2 is 2.13 bits per heavy atom. The van der Waals surface area contributed by atoms with E-state index in [1.807, 2.05) is 35.9 Å². The second-order valence-corrected chi connectivity index (χ2v) is 3.61. The van der Waals surface area contributed by atoms with Crippen LogP contribution < -0.4 is 21.5 Å². The molecule has 1 rings (SSSR count).